The number of benzene rings is 2. The zero-order valence-electron chi connectivity index (χ0n) is 17.0. The van der Waals surface area contributed by atoms with Crippen molar-refractivity contribution in [3.8, 4) is 0 Å². The third kappa shape index (κ3) is 4.47. The fourth-order valence-corrected chi connectivity index (χ4v) is 3.56. The number of anilines is 2. The molecular formula is C23H26N2O4. The van der Waals surface area contributed by atoms with Gasteiger partial charge in [-0.1, -0.05) is 44.2 Å². The van der Waals surface area contributed by atoms with Gasteiger partial charge < -0.3 is 15.0 Å². The number of para-hydroxylation sites is 2. The maximum absolute atomic E-state index is 12.9. The molecule has 1 unspecified atom stereocenters. The summed E-state index contributed by atoms with van der Waals surface area (Å²) in [5, 5.41) is 2.97. The molecule has 2 amide bonds. The number of esters is 1. The van der Waals surface area contributed by atoms with Crippen LogP contribution in [0.1, 0.15) is 49.0 Å². The predicted octanol–water partition coefficient (Wildman–Crippen LogP) is 3.98. The number of nitrogens with zero attached hydrogens (tertiary/aromatic N) is 1. The van der Waals surface area contributed by atoms with E-state index in [2.05, 4.69) is 19.2 Å². The van der Waals surface area contributed by atoms with E-state index in [1.165, 1.54) is 4.90 Å². The Labute approximate surface area is 170 Å². The van der Waals surface area contributed by atoms with E-state index in [4.69, 9.17) is 4.74 Å². The molecule has 152 valence electrons. The van der Waals surface area contributed by atoms with Crippen molar-refractivity contribution in [2.45, 2.75) is 33.1 Å². The molecular weight excluding hydrogens is 368 g/mol. The highest BCUT2D eigenvalue weighted by atomic mass is 16.5. The third-order valence-corrected chi connectivity index (χ3v) is 5.03. The lowest BCUT2D eigenvalue weighted by molar-refractivity contribution is -0.122. The minimum absolute atomic E-state index is 0.104. The van der Waals surface area contributed by atoms with Crippen LogP contribution in [-0.2, 0) is 14.3 Å². The molecule has 1 aliphatic heterocycles. The van der Waals surface area contributed by atoms with Crippen LogP contribution in [0.3, 0.4) is 0 Å². The van der Waals surface area contributed by atoms with Crippen LogP contribution in [0, 0.1) is 5.92 Å². The Hall–Kier alpha value is -3.15. The second-order valence-electron chi connectivity index (χ2n) is 7.37. The van der Waals surface area contributed by atoms with Gasteiger partial charge in [-0.15, -0.1) is 0 Å². The average molecular weight is 394 g/mol. The lowest BCUT2D eigenvalue weighted by Gasteiger charge is -2.20. The molecule has 0 bridgehead atoms. The Morgan fingerprint density at radius 1 is 1.14 bits per heavy atom. The Morgan fingerprint density at radius 3 is 2.55 bits per heavy atom. The van der Waals surface area contributed by atoms with Gasteiger partial charge in [0.25, 0.3) is 0 Å². The Balaban J connectivity index is 1.78. The fraction of sp³-hybridized carbons (Fsp3) is 0.348. The fourth-order valence-electron chi connectivity index (χ4n) is 3.56. The average Bonchev–Trinajstić information content (AvgIpc) is 3.10. The normalized spacial score (nSPS) is 16.2. The second-order valence-corrected chi connectivity index (χ2v) is 7.37. The van der Waals surface area contributed by atoms with Crippen LogP contribution >= 0.6 is 0 Å². The van der Waals surface area contributed by atoms with E-state index < -0.39 is 11.9 Å². The van der Waals surface area contributed by atoms with Crippen molar-refractivity contribution >= 4 is 29.2 Å². The van der Waals surface area contributed by atoms with Gasteiger partial charge in [-0.2, -0.15) is 0 Å². The topological polar surface area (TPSA) is 75.7 Å². The Bertz CT molecular complexity index is 923. The van der Waals surface area contributed by atoms with Crippen molar-refractivity contribution in [3.05, 3.63) is 59.7 Å². The number of hydrogen-bond donors (Lipinski definition) is 1. The van der Waals surface area contributed by atoms with Crippen LogP contribution in [0.5, 0.6) is 0 Å². The SMILES string of the molecule is CCOC(=O)c1ccccc1N1CC(C(=O)Nc2ccccc2C(C)C)CC1=O. The Morgan fingerprint density at radius 2 is 1.83 bits per heavy atom. The second kappa shape index (κ2) is 8.90. The van der Waals surface area contributed by atoms with E-state index in [1.807, 2.05) is 24.3 Å². The van der Waals surface area contributed by atoms with E-state index in [-0.39, 0.29) is 37.3 Å². The lowest BCUT2D eigenvalue weighted by Crippen LogP contribution is -2.29. The highest BCUT2D eigenvalue weighted by Gasteiger charge is 2.37. The number of ether oxygens (including phenoxy) is 1. The number of carbonyl (C=O) groups excluding carboxylic acids is 3. The number of hydrogen-bond acceptors (Lipinski definition) is 4. The van der Waals surface area contributed by atoms with Gasteiger partial charge in [-0.05, 0) is 36.6 Å². The zero-order valence-corrected chi connectivity index (χ0v) is 17.0. The van der Waals surface area contributed by atoms with Crippen molar-refractivity contribution < 1.29 is 19.1 Å². The lowest BCUT2D eigenvalue weighted by atomic mass is 10.0. The van der Waals surface area contributed by atoms with Gasteiger partial charge >= 0.3 is 5.97 Å². The van der Waals surface area contributed by atoms with Gasteiger partial charge in [0, 0.05) is 18.7 Å². The quantitative estimate of drug-likeness (QED) is 0.752. The first-order valence-electron chi connectivity index (χ1n) is 9.88. The van der Waals surface area contributed by atoms with E-state index in [0.29, 0.717) is 11.3 Å². The number of carbonyl (C=O) groups is 3. The van der Waals surface area contributed by atoms with Gasteiger partial charge in [-0.25, -0.2) is 4.79 Å². The van der Waals surface area contributed by atoms with E-state index in [1.54, 1.807) is 31.2 Å². The van der Waals surface area contributed by atoms with Gasteiger partial charge in [0.15, 0.2) is 0 Å². The highest BCUT2D eigenvalue weighted by Crippen LogP contribution is 2.30. The number of amides is 2. The molecule has 2 aromatic carbocycles. The van der Waals surface area contributed by atoms with Crippen molar-refractivity contribution in [1.29, 1.82) is 0 Å². The van der Waals surface area contributed by atoms with E-state index >= 15 is 0 Å². The first-order valence-corrected chi connectivity index (χ1v) is 9.88. The minimum atomic E-state index is -0.488. The summed E-state index contributed by atoms with van der Waals surface area (Å²) in [7, 11) is 0. The summed E-state index contributed by atoms with van der Waals surface area (Å²) < 4.78 is 5.10. The largest absolute Gasteiger partial charge is 0.462 e. The third-order valence-electron chi connectivity index (χ3n) is 5.03. The molecule has 1 saturated heterocycles. The molecule has 0 radical (unpaired) electrons. The zero-order chi connectivity index (χ0) is 21.0. The molecule has 0 aromatic heterocycles. The van der Waals surface area contributed by atoms with Crippen molar-refractivity contribution in [2.75, 3.05) is 23.4 Å². The molecule has 2 aromatic rings. The molecule has 3 rings (SSSR count). The monoisotopic (exact) mass is 394 g/mol. The van der Waals surface area contributed by atoms with Gasteiger partial charge in [-0.3, -0.25) is 9.59 Å². The summed E-state index contributed by atoms with van der Waals surface area (Å²) in [6, 6.07) is 14.5. The molecule has 6 heteroatoms. The first-order chi connectivity index (χ1) is 13.9. The minimum Gasteiger partial charge on any atom is -0.462 e. The standard InChI is InChI=1S/C23H26N2O4/c1-4-29-23(28)18-10-6-8-12-20(18)25-14-16(13-21(25)26)22(27)24-19-11-7-5-9-17(19)15(2)3/h5-12,15-16H,4,13-14H2,1-3H3,(H,24,27). The molecule has 6 nitrogen and oxygen atoms in total. The van der Waals surface area contributed by atoms with Crippen LogP contribution in [-0.4, -0.2) is 30.9 Å². The van der Waals surface area contributed by atoms with Crippen molar-refractivity contribution in [1.82, 2.24) is 0 Å². The number of nitrogens with one attached hydrogen (secondary N) is 1. The van der Waals surface area contributed by atoms with Gasteiger partial charge in [0.05, 0.1) is 23.8 Å². The molecule has 0 aliphatic carbocycles. The summed E-state index contributed by atoms with van der Waals surface area (Å²) in [5.74, 6) is -1.07. The van der Waals surface area contributed by atoms with Crippen LogP contribution in [0.2, 0.25) is 0 Å². The first kappa shape index (κ1) is 20.6. The van der Waals surface area contributed by atoms with Crippen LogP contribution in [0.4, 0.5) is 11.4 Å². The molecule has 1 aliphatic rings. The van der Waals surface area contributed by atoms with E-state index in [0.717, 1.165) is 11.3 Å². The summed E-state index contributed by atoms with van der Waals surface area (Å²) in [6.07, 6.45) is 0.104. The number of rotatable bonds is 6. The maximum Gasteiger partial charge on any atom is 0.340 e. The molecule has 1 atom stereocenters. The van der Waals surface area contributed by atoms with Crippen LogP contribution < -0.4 is 10.2 Å². The molecule has 1 N–H and O–H groups in total. The van der Waals surface area contributed by atoms with Crippen molar-refractivity contribution in [2.24, 2.45) is 5.92 Å². The van der Waals surface area contributed by atoms with Gasteiger partial charge in [0.1, 0.15) is 0 Å². The molecule has 29 heavy (non-hydrogen) atoms. The van der Waals surface area contributed by atoms with Crippen molar-refractivity contribution in [3.63, 3.8) is 0 Å². The summed E-state index contributed by atoms with van der Waals surface area (Å²) >= 11 is 0. The van der Waals surface area contributed by atoms with E-state index in [9.17, 15) is 14.4 Å². The highest BCUT2D eigenvalue weighted by molar-refractivity contribution is 6.07. The maximum atomic E-state index is 12.9. The summed E-state index contributed by atoms with van der Waals surface area (Å²) in [5.41, 5.74) is 2.63. The smallest absolute Gasteiger partial charge is 0.340 e. The molecule has 0 spiro atoms. The summed E-state index contributed by atoms with van der Waals surface area (Å²) in [6.45, 7) is 6.35. The van der Waals surface area contributed by atoms with Crippen LogP contribution in [0.25, 0.3) is 0 Å². The Kier molecular flexibility index (Phi) is 6.32. The predicted molar refractivity (Wildman–Crippen MR) is 112 cm³/mol. The van der Waals surface area contributed by atoms with Gasteiger partial charge in [0.2, 0.25) is 11.8 Å². The molecule has 1 heterocycles. The summed E-state index contributed by atoms with van der Waals surface area (Å²) in [4.78, 5) is 39.2. The molecule has 0 saturated carbocycles. The van der Waals surface area contributed by atoms with Crippen LogP contribution in [0.15, 0.2) is 48.5 Å². The molecule has 1 fully saturated rings.